The number of carbonyl (C=O) groups excluding carboxylic acids is 2. The smallest absolute Gasteiger partial charge is 0.261 e. The maximum atomic E-state index is 13.3. The Balaban J connectivity index is 1.41. The monoisotopic (exact) mass is 585 g/mol. The van der Waals surface area contributed by atoms with E-state index in [1.54, 1.807) is 18.2 Å². The number of fused-ring (bicyclic) bond motifs is 3. The number of hydrogen-bond acceptors (Lipinski definition) is 6. The number of phenolic OH excluding ortho intramolecular Hbond substituents is 1. The summed E-state index contributed by atoms with van der Waals surface area (Å²) in [5.41, 5.74) is 0.728. The van der Waals surface area contributed by atoms with Crippen LogP contribution in [0.4, 0.5) is 0 Å². The van der Waals surface area contributed by atoms with Gasteiger partial charge in [0.25, 0.3) is 8.32 Å². The molecule has 0 bridgehead atoms. The number of benzene rings is 3. The summed E-state index contributed by atoms with van der Waals surface area (Å²) >= 11 is 0. The first-order valence-corrected chi connectivity index (χ1v) is 16.6. The fraction of sp³-hybridized carbons (Fsp3) is 0.412. The first-order valence-electron chi connectivity index (χ1n) is 14.7. The van der Waals surface area contributed by atoms with E-state index in [-0.39, 0.29) is 35.6 Å². The molecule has 3 aromatic rings. The van der Waals surface area contributed by atoms with Gasteiger partial charge >= 0.3 is 0 Å². The molecule has 3 aromatic carbocycles. The highest BCUT2D eigenvalue weighted by atomic mass is 28.4. The van der Waals surface area contributed by atoms with E-state index in [0.717, 1.165) is 15.9 Å². The Labute approximate surface area is 248 Å². The topological polar surface area (TPSA) is 96.3 Å². The van der Waals surface area contributed by atoms with Gasteiger partial charge in [-0.2, -0.15) is 0 Å². The highest BCUT2D eigenvalue weighted by molar-refractivity contribution is 6.99. The summed E-state index contributed by atoms with van der Waals surface area (Å²) in [6, 6.07) is 27.4. The average Bonchev–Trinajstić information content (AvgIpc) is 3.44. The highest BCUT2D eigenvalue weighted by Gasteiger charge is 2.66. The highest BCUT2D eigenvalue weighted by Crippen LogP contribution is 2.58. The van der Waals surface area contributed by atoms with Crippen LogP contribution in [-0.4, -0.2) is 54.7 Å². The summed E-state index contributed by atoms with van der Waals surface area (Å²) in [5, 5.41) is 24.5. The van der Waals surface area contributed by atoms with Gasteiger partial charge in [0.05, 0.1) is 17.9 Å². The van der Waals surface area contributed by atoms with Gasteiger partial charge in [-0.3, -0.25) is 14.5 Å². The molecule has 8 heteroatoms. The predicted octanol–water partition coefficient (Wildman–Crippen LogP) is 3.99. The van der Waals surface area contributed by atoms with Gasteiger partial charge in [-0.05, 0) is 45.9 Å². The Morgan fingerprint density at radius 3 is 2.12 bits per heavy atom. The Morgan fingerprint density at radius 1 is 0.929 bits per heavy atom. The minimum atomic E-state index is -2.94. The lowest BCUT2D eigenvalue weighted by molar-refractivity contribution is -0.273. The van der Waals surface area contributed by atoms with E-state index in [1.807, 2.05) is 42.5 Å². The van der Waals surface area contributed by atoms with Crippen molar-refractivity contribution in [1.29, 1.82) is 0 Å². The SMILES string of the molecule is CN1C(=O)[C@H]2[C@H](C[C@H](CO[Si](c3ccccc3)(c3ccccc3)C(C)(C)C)[C@@]3(O)O[C@H](c4cccc(O)c4)C[C@@H]23)C1=O. The molecular formula is C34H39NO6Si. The molecule has 2 saturated heterocycles. The molecule has 0 unspecified atom stereocenters. The zero-order valence-electron chi connectivity index (χ0n) is 24.6. The van der Waals surface area contributed by atoms with Crippen LogP contribution in [0.1, 0.15) is 45.3 Å². The number of hydrogen-bond donors (Lipinski definition) is 2. The maximum absolute atomic E-state index is 13.3. The number of likely N-dealkylation sites (tertiary alicyclic amines) is 1. The summed E-state index contributed by atoms with van der Waals surface area (Å²) in [5.74, 6) is -4.36. The summed E-state index contributed by atoms with van der Waals surface area (Å²) in [7, 11) is -1.41. The van der Waals surface area contributed by atoms with Crippen molar-refractivity contribution in [2.75, 3.05) is 13.7 Å². The van der Waals surface area contributed by atoms with E-state index in [1.165, 1.54) is 11.9 Å². The molecular weight excluding hydrogens is 546 g/mol. The van der Waals surface area contributed by atoms with E-state index < -0.39 is 43.9 Å². The number of imide groups is 1. The summed E-state index contributed by atoms with van der Waals surface area (Å²) in [6.07, 6.45) is 0.122. The molecule has 7 nitrogen and oxygen atoms in total. The van der Waals surface area contributed by atoms with Crippen molar-refractivity contribution < 1.29 is 29.0 Å². The normalized spacial score (nSPS) is 29.5. The minimum absolute atomic E-state index is 0.106. The third-order valence-electron chi connectivity index (χ3n) is 9.74. The standard InChI is InChI=1S/C34H39NO6Si/c1-33(2,3)42(25-14-7-5-8-15-25,26-16-9-6-10-17-26)40-21-23-19-27-30(32(38)35(4)31(27)37)28-20-29(41-34(23,28)39)22-12-11-13-24(36)18-22/h5-18,23,27-30,36,39H,19-21H2,1-4H3/t23-,27+,28+,29+,30+,34-/m1/s1. The summed E-state index contributed by atoms with van der Waals surface area (Å²) in [4.78, 5) is 27.8. The number of phenols is 1. The fourth-order valence-electron chi connectivity index (χ4n) is 7.75. The van der Waals surface area contributed by atoms with Gasteiger partial charge < -0.3 is 19.4 Å². The van der Waals surface area contributed by atoms with Crippen LogP contribution in [0, 0.1) is 23.7 Å². The zero-order chi connectivity index (χ0) is 29.9. The molecule has 6 rings (SSSR count). The van der Waals surface area contributed by atoms with Crippen molar-refractivity contribution in [3.8, 4) is 5.75 Å². The van der Waals surface area contributed by atoms with E-state index in [9.17, 15) is 19.8 Å². The van der Waals surface area contributed by atoms with Crippen LogP contribution < -0.4 is 10.4 Å². The van der Waals surface area contributed by atoms with Crippen molar-refractivity contribution in [3.05, 3.63) is 90.5 Å². The van der Waals surface area contributed by atoms with Gasteiger partial charge in [-0.25, -0.2) is 0 Å². The Kier molecular flexibility index (Phi) is 7.17. The van der Waals surface area contributed by atoms with Crippen molar-refractivity contribution in [2.24, 2.45) is 23.7 Å². The third-order valence-corrected chi connectivity index (χ3v) is 14.7. The van der Waals surface area contributed by atoms with E-state index in [0.29, 0.717) is 6.42 Å². The third kappa shape index (κ3) is 4.43. The van der Waals surface area contributed by atoms with Crippen LogP contribution >= 0.6 is 0 Å². The summed E-state index contributed by atoms with van der Waals surface area (Å²) < 4.78 is 13.7. The van der Waals surface area contributed by atoms with Gasteiger partial charge in [-0.15, -0.1) is 0 Å². The molecule has 2 aliphatic heterocycles. The molecule has 0 spiro atoms. The molecule has 3 fully saturated rings. The minimum Gasteiger partial charge on any atom is -0.508 e. The second-order valence-electron chi connectivity index (χ2n) is 13.1. The lowest BCUT2D eigenvalue weighted by Crippen LogP contribution is -2.67. The van der Waals surface area contributed by atoms with Crippen molar-refractivity contribution in [1.82, 2.24) is 4.90 Å². The number of carbonyl (C=O) groups is 2. The number of aliphatic hydroxyl groups is 1. The van der Waals surface area contributed by atoms with Crippen LogP contribution in [0.3, 0.4) is 0 Å². The van der Waals surface area contributed by atoms with Crippen molar-refractivity contribution in [2.45, 2.75) is 50.5 Å². The molecule has 2 N–H and O–H groups in total. The lowest BCUT2D eigenvalue weighted by Gasteiger charge is -2.48. The fourth-order valence-corrected chi connectivity index (χ4v) is 12.4. The number of amides is 2. The Hall–Kier alpha value is -3.30. The van der Waals surface area contributed by atoms with Gasteiger partial charge in [0.2, 0.25) is 11.8 Å². The van der Waals surface area contributed by atoms with Gasteiger partial charge in [0.15, 0.2) is 5.79 Å². The number of ether oxygens (including phenoxy) is 1. The van der Waals surface area contributed by atoms with E-state index >= 15 is 0 Å². The maximum Gasteiger partial charge on any atom is 0.261 e. The Bertz CT molecular complexity index is 1430. The summed E-state index contributed by atoms with van der Waals surface area (Å²) in [6.45, 7) is 6.77. The lowest BCUT2D eigenvalue weighted by atomic mass is 9.64. The second-order valence-corrected chi connectivity index (χ2v) is 17.4. The van der Waals surface area contributed by atoms with Crippen molar-refractivity contribution in [3.63, 3.8) is 0 Å². The molecule has 3 aliphatic rings. The quantitative estimate of drug-likeness (QED) is 0.336. The molecule has 6 atom stereocenters. The molecule has 0 radical (unpaired) electrons. The second kappa shape index (κ2) is 10.5. The van der Waals surface area contributed by atoms with E-state index in [2.05, 4.69) is 45.0 Å². The van der Waals surface area contributed by atoms with Crippen molar-refractivity contribution >= 4 is 30.5 Å². The molecule has 2 heterocycles. The predicted molar refractivity (Wildman–Crippen MR) is 161 cm³/mol. The largest absolute Gasteiger partial charge is 0.508 e. The van der Waals surface area contributed by atoms with Gasteiger partial charge in [-0.1, -0.05) is 93.6 Å². The van der Waals surface area contributed by atoms with Crippen LogP contribution in [0.25, 0.3) is 0 Å². The zero-order valence-corrected chi connectivity index (χ0v) is 25.6. The van der Waals surface area contributed by atoms with Crippen LogP contribution in [-0.2, 0) is 18.8 Å². The molecule has 1 aliphatic carbocycles. The van der Waals surface area contributed by atoms with Gasteiger partial charge in [0.1, 0.15) is 5.75 Å². The number of aromatic hydroxyl groups is 1. The molecule has 220 valence electrons. The van der Waals surface area contributed by atoms with Crippen LogP contribution in [0.5, 0.6) is 5.75 Å². The number of rotatable bonds is 6. The average molecular weight is 586 g/mol. The molecule has 2 amide bonds. The Morgan fingerprint density at radius 2 is 1.55 bits per heavy atom. The molecule has 1 saturated carbocycles. The first-order chi connectivity index (χ1) is 20.0. The molecule has 42 heavy (non-hydrogen) atoms. The van der Waals surface area contributed by atoms with E-state index in [4.69, 9.17) is 9.16 Å². The van der Waals surface area contributed by atoms with Crippen LogP contribution in [0.2, 0.25) is 5.04 Å². The molecule has 0 aromatic heterocycles. The van der Waals surface area contributed by atoms with Crippen LogP contribution in [0.15, 0.2) is 84.9 Å². The first kappa shape index (κ1) is 28.8. The van der Waals surface area contributed by atoms with Gasteiger partial charge in [0, 0.05) is 25.5 Å². The number of nitrogens with zero attached hydrogens (tertiary/aromatic N) is 1.